The minimum absolute atomic E-state index is 0.734. The van der Waals surface area contributed by atoms with Gasteiger partial charge in [0.25, 0.3) is 0 Å². The number of benzene rings is 2. The third kappa shape index (κ3) is 7.46. The number of nitrogens with zero attached hydrogens (tertiary/aromatic N) is 1. The first-order chi connectivity index (χ1) is 15.3. The molecule has 0 radical (unpaired) electrons. The lowest BCUT2D eigenvalue weighted by Crippen LogP contribution is -2.01. The molecule has 0 amide bonds. The summed E-state index contributed by atoms with van der Waals surface area (Å²) in [6, 6.07) is 16.6. The Bertz CT molecular complexity index is 963. The molecule has 31 heavy (non-hydrogen) atoms. The van der Waals surface area contributed by atoms with Crippen molar-refractivity contribution in [1.82, 2.24) is 0 Å². The standard InChI is InChI=1S/C26H31NO2P2/c1-28-23-14-5-7-16-25(23)30-19-9-12-21-11-3-4-13-22(21)27-18-10-20-31-26-17-8-6-15-24(26)29-2/h3-8,12-18,30-31H,9-11,19-20H2,1-2H3. The fraction of sp³-hybridized carbons (Fsp3) is 0.269. The van der Waals surface area contributed by atoms with Crippen LogP contribution in [0.3, 0.4) is 0 Å². The highest BCUT2D eigenvalue weighted by atomic mass is 31.1. The number of rotatable bonds is 11. The van der Waals surface area contributed by atoms with Gasteiger partial charge in [-0.1, -0.05) is 71.8 Å². The van der Waals surface area contributed by atoms with Gasteiger partial charge in [0.2, 0.25) is 0 Å². The summed E-state index contributed by atoms with van der Waals surface area (Å²) in [5, 5.41) is 2.59. The molecule has 0 N–H and O–H groups in total. The second-order valence-electron chi connectivity index (χ2n) is 7.06. The molecule has 0 heterocycles. The Kier molecular flexibility index (Phi) is 10.0. The van der Waals surface area contributed by atoms with Gasteiger partial charge >= 0.3 is 0 Å². The quantitative estimate of drug-likeness (QED) is 0.252. The van der Waals surface area contributed by atoms with Crippen LogP contribution in [-0.2, 0) is 0 Å². The Labute approximate surface area is 189 Å². The zero-order valence-corrected chi connectivity index (χ0v) is 20.3. The van der Waals surface area contributed by atoms with E-state index in [9.17, 15) is 0 Å². The van der Waals surface area contributed by atoms with E-state index in [-0.39, 0.29) is 0 Å². The van der Waals surface area contributed by atoms with E-state index in [1.807, 2.05) is 24.3 Å². The topological polar surface area (TPSA) is 30.8 Å². The molecule has 3 nitrogen and oxygen atoms in total. The molecule has 2 unspecified atom stereocenters. The fourth-order valence-corrected chi connectivity index (χ4v) is 5.60. The number of hydrogen-bond acceptors (Lipinski definition) is 3. The summed E-state index contributed by atoms with van der Waals surface area (Å²) in [4.78, 5) is 4.77. The van der Waals surface area contributed by atoms with E-state index >= 15 is 0 Å². The highest BCUT2D eigenvalue weighted by molar-refractivity contribution is 7.47. The van der Waals surface area contributed by atoms with E-state index in [1.54, 1.807) is 14.2 Å². The average Bonchev–Trinajstić information content (AvgIpc) is 2.83. The molecule has 0 aliphatic heterocycles. The lowest BCUT2D eigenvalue weighted by molar-refractivity contribution is 0.418. The molecule has 3 rings (SSSR count). The first-order valence-electron chi connectivity index (χ1n) is 10.6. The summed E-state index contributed by atoms with van der Waals surface area (Å²) in [6.07, 6.45) is 16.1. The van der Waals surface area contributed by atoms with Gasteiger partial charge in [0.1, 0.15) is 11.5 Å². The van der Waals surface area contributed by atoms with E-state index in [0.717, 1.165) is 65.9 Å². The van der Waals surface area contributed by atoms with Crippen LogP contribution in [0.2, 0.25) is 0 Å². The van der Waals surface area contributed by atoms with Crippen LogP contribution in [0.25, 0.3) is 0 Å². The van der Waals surface area contributed by atoms with Crippen molar-refractivity contribution in [1.29, 1.82) is 0 Å². The monoisotopic (exact) mass is 451 g/mol. The molecule has 0 spiro atoms. The van der Waals surface area contributed by atoms with E-state index in [1.165, 1.54) is 16.2 Å². The van der Waals surface area contributed by atoms with Crippen LogP contribution in [0.15, 0.2) is 89.1 Å². The van der Waals surface area contributed by atoms with E-state index in [4.69, 9.17) is 14.5 Å². The second kappa shape index (κ2) is 13.3. The van der Waals surface area contributed by atoms with Crippen LogP contribution < -0.4 is 20.1 Å². The zero-order valence-electron chi connectivity index (χ0n) is 18.3. The van der Waals surface area contributed by atoms with Crippen LogP contribution in [0.5, 0.6) is 11.5 Å². The molecule has 0 bridgehead atoms. The van der Waals surface area contributed by atoms with Crippen molar-refractivity contribution in [2.45, 2.75) is 19.3 Å². The third-order valence-corrected chi connectivity index (χ3v) is 7.61. The summed E-state index contributed by atoms with van der Waals surface area (Å²) in [6.45, 7) is 0. The first kappa shape index (κ1) is 23.5. The number of aliphatic imine (C=N–C) groups is 1. The molecule has 0 fully saturated rings. The minimum Gasteiger partial charge on any atom is -0.496 e. The molecule has 0 saturated carbocycles. The highest BCUT2D eigenvalue weighted by Crippen LogP contribution is 2.24. The van der Waals surface area contributed by atoms with Crippen molar-refractivity contribution in [2.24, 2.45) is 4.99 Å². The molecule has 1 aliphatic carbocycles. The molecule has 2 atom stereocenters. The Hall–Kier alpha value is -2.21. The Morgan fingerprint density at radius 3 is 2.13 bits per heavy atom. The van der Waals surface area contributed by atoms with E-state index in [0.29, 0.717) is 0 Å². The van der Waals surface area contributed by atoms with Gasteiger partial charge in [-0.25, -0.2) is 0 Å². The van der Waals surface area contributed by atoms with Gasteiger partial charge in [0.15, 0.2) is 0 Å². The number of allylic oxidation sites excluding steroid dienone is 5. The van der Waals surface area contributed by atoms with E-state index < -0.39 is 0 Å². The van der Waals surface area contributed by atoms with Crippen molar-refractivity contribution in [3.63, 3.8) is 0 Å². The molecule has 0 aromatic heterocycles. The first-order valence-corrected chi connectivity index (χ1v) is 13.1. The molecular formula is C26H31NO2P2. The highest BCUT2D eigenvalue weighted by Gasteiger charge is 2.06. The van der Waals surface area contributed by atoms with Gasteiger partial charge in [-0.2, -0.15) is 0 Å². The number of hydrogen-bond donors (Lipinski definition) is 0. The van der Waals surface area contributed by atoms with Crippen molar-refractivity contribution in [3.05, 3.63) is 84.1 Å². The fourth-order valence-electron chi connectivity index (χ4n) is 3.35. The minimum atomic E-state index is 0.734. The van der Waals surface area contributed by atoms with Crippen molar-refractivity contribution in [3.8, 4) is 11.5 Å². The number of methoxy groups -OCH3 is 2. The summed E-state index contributed by atoms with van der Waals surface area (Å²) >= 11 is 0. The van der Waals surface area contributed by atoms with Gasteiger partial charge in [-0.15, -0.1) is 0 Å². The Balaban J connectivity index is 1.47. The molecule has 5 heteroatoms. The van der Waals surface area contributed by atoms with Crippen LogP contribution in [0, 0.1) is 0 Å². The van der Waals surface area contributed by atoms with Crippen LogP contribution in [-0.4, -0.2) is 32.8 Å². The summed E-state index contributed by atoms with van der Waals surface area (Å²) < 4.78 is 10.9. The normalized spacial score (nSPS) is 15.5. The largest absolute Gasteiger partial charge is 0.496 e. The van der Waals surface area contributed by atoms with E-state index in [2.05, 4.69) is 54.8 Å². The van der Waals surface area contributed by atoms with Crippen molar-refractivity contribution in [2.75, 3.05) is 26.5 Å². The zero-order chi connectivity index (χ0) is 21.7. The maximum Gasteiger partial charge on any atom is 0.126 e. The SMILES string of the molecule is COc1ccccc1PCCC=NC1=CC=CCC1=CCCPc1ccccc1OC. The van der Waals surface area contributed by atoms with Crippen molar-refractivity contribution >= 4 is 34.0 Å². The molecular weight excluding hydrogens is 420 g/mol. The van der Waals surface area contributed by atoms with Crippen LogP contribution in [0.1, 0.15) is 19.3 Å². The van der Waals surface area contributed by atoms with Crippen LogP contribution >= 0.6 is 17.2 Å². The Morgan fingerprint density at radius 1 is 0.871 bits per heavy atom. The predicted molar refractivity (Wildman–Crippen MR) is 139 cm³/mol. The lowest BCUT2D eigenvalue weighted by Gasteiger charge is -2.10. The Morgan fingerprint density at radius 2 is 1.48 bits per heavy atom. The van der Waals surface area contributed by atoms with Crippen molar-refractivity contribution < 1.29 is 9.47 Å². The predicted octanol–water partition coefficient (Wildman–Crippen LogP) is 5.63. The molecule has 162 valence electrons. The van der Waals surface area contributed by atoms with Gasteiger partial charge in [0, 0.05) is 16.8 Å². The molecule has 2 aromatic carbocycles. The maximum atomic E-state index is 5.46. The summed E-state index contributed by atoms with van der Waals surface area (Å²) in [5.74, 6) is 1.98. The maximum absolute atomic E-state index is 5.46. The van der Waals surface area contributed by atoms with Gasteiger partial charge in [-0.05, 0) is 55.4 Å². The summed E-state index contributed by atoms with van der Waals surface area (Å²) in [7, 11) is 4.96. The molecule has 2 aromatic rings. The van der Waals surface area contributed by atoms with Gasteiger partial charge in [0.05, 0.1) is 19.9 Å². The van der Waals surface area contributed by atoms with Gasteiger partial charge < -0.3 is 9.47 Å². The number of para-hydroxylation sites is 2. The average molecular weight is 451 g/mol. The van der Waals surface area contributed by atoms with Crippen LogP contribution in [0.4, 0.5) is 0 Å². The number of ether oxygens (including phenoxy) is 2. The smallest absolute Gasteiger partial charge is 0.126 e. The van der Waals surface area contributed by atoms with Gasteiger partial charge in [-0.3, -0.25) is 4.99 Å². The molecule has 1 aliphatic rings. The third-order valence-electron chi connectivity index (χ3n) is 4.94. The second-order valence-corrected chi connectivity index (χ2v) is 9.84. The lowest BCUT2D eigenvalue weighted by atomic mass is 10.0. The molecule has 0 saturated heterocycles. The summed E-state index contributed by atoms with van der Waals surface area (Å²) in [5.41, 5.74) is 2.43.